The predicted octanol–water partition coefficient (Wildman–Crippen LogP) is 3.05. The van der Waals surface area contributed by atoms with Crippen molar-refractivity contribution in [2.24, 2.45) is 11.7 Å². The molecule has 0 amide bonds. The fraction of sp³-hybridized carbons (Fsp3) is 0.400. The van der Waals surface area contributed by atoms with Crippen molar-refractivity contribution in [3.8, 4) is 0 Å². The molecule has 1 nitrogen and oxygen atoms in total. The van der Waals surface area contributed by atoms with Gasteiger partial charge >= 0.3 is 0 Å². The zero-order valence-corrected chi connectivity index (χ0v) is 9.09. The Bertz CT molecular complexity index is 277. The van der Waals surface area contributed by atoms with Crippen molar-refractivity contribution in [3.63, 3.8) is 0 Å². The molecule has 0 aliphatic carbocycles. The number of hydrogen-bond donors (Lipinski definition) is 1. The highest BCUT2D eigenvalue weighted by atomic mass is 79.9. The van der Waals surface area contributed by atoms with Crippen molar-refractivity contribution in [3.05, 3.63) is 34.3 Å². The summed E-state index contributed by atoms with van der Waals surface area (Å²) in [5.74, 6) is -0.140. The van der Waals surface area contributed by atoms with Gasteiger partial charge in [-0.2, -0.15) is 0 Å². The number of rotatable bonds is 3. The van der Waals surface area contributed by atoms with E-state index in [0.717, 1.165) is 4.47 Å². The Balaban J connectivity index is 2.88. The summed E-state index contributed by atoms with van der Waals surface area (Å²) in [5, 5.41) is 0. The first-order chi connectivity index (χ1) is 6.16. The van der Waals surface area contributed by atoms with Crippen molar-refractivity contribution in [2.45, 2.75) is 13.1 Å². The molecule has 2 N–H and O–H groups in total. The second kappa shape index (κ2) is 4.72. The molecule has 0 bridgehead atoms. The Kier molecular flexibility index (Phi) is 3.88. The number of alkyl halides is 1. The number of benzene rings is 1. The highest BCUT2D eigenvalue weighted by Crippen LogP contribution is 2.30. The van der Waals surface area contributed by atoms with E-state index < -0.39 is 6.17 Å². The van der Waals surface area contributed by atoms with Gasteiger partial charge < -0.3 is 5.73 Å². The van der Waals surface area contributed by atoms with Crippen molar-refractivity contribution in [1.29, 1.82) is 0 Å². The van der Waals surface area contributed by atoms with Crippen molar-refractivity contribution in [2.75, 3.05) is 6.54 Å². The van der Waals surface area contributed by atoms with Crippen molar-refractivity contribution < 1.29 is 4.39 Å². The number of hydrogen-bond acceptors (Lipinski definition) is 1. The third-order valence-corrected chi connectivity index (χ3v) is 2.80. The Morgan fingerprint density at radius 3 is 2.62 bits per heavy atom. The van der Waals surface area contributed by atoms with Crippen LogP contribution in [0.2, 0.25) is 0 Å². The van der Waals surface area contributed by atoms with E-state index in [0.29, 0.717) is 12.1 Å². The Labute approximate surface area is 86.3 Å². The lowest BCUT2D eigenvalue weighted by Crippen LogP contribution is -2.16. The van der Waals surface area contributed by atoms with Crippen LogP contribution in [-0.2, 0) is 0 Å². The zero-order valence-electron chi connectivity index (χ0n) is 7.50. The fourth-order valence-corrected chi connectivity index (χ4v) is 1.63. The molecule has 0 aromatic heterocycles. The third kappa shape index (κ3) is 2.51. The van der Waals surface area contributed by atoms with Gasteiger partial charge in [-0.1, -0.05) is 41.1 Å². The quantitative estimate of drug-likeness (QED) is 0.871. The summed E-state index contributed by atoms with van der Waals surface area (Å²) in [6.07, 6.45) is -0.986. The zero-order chi connectivity index (χ0) is 9.84. The summed E-state index contributed by atoms with van der Waals surface area (Å²) in [5.41, 5.74) is 6.09. The van der Waals surface area contributed by atoms with Gasteiger partial charge in [0.05, 0.1) is 0 Å². The summed E-state index contributed by atoms with van der Waals surface area (Å²) in [4.78, 5) is 0. The van der Waals surface area contributed by atoms with E-state index in [9.17, 15) is 4.39 Å². The van der Waals surface area contributed by atoms with Gasteiger partial charge in [-0.05, 0) is 12.6 Å². The fourth-order valence-electron chi connectivity index (χ4n) is 1.12. The molecule has 0 radical (unpaired) electrons. The lowest BCUT2D eigenvalue weighted by molar-refractivity contribution is 0.251. The molecule has 0 spiro atoms. The van der Waals surface area contributed by atoms with Crippen molar-refractivity contribution >= 4 is 15.9 Å². The molecule has 2 atom stereocenters. The van der Waals surface area contributed by atoms with Crippen LogP contribution >= 0.6 is 15.9 Å². The van der Waals surface area contributed by atoms with Crippen LogP contribution in [-0.4, -0.2) is 6.54 Å². The molecule has 2 unspecified atom stereocenters. The first-order valence-corrected chi connectivity index (χ1v) is 5.04. The second-order valence-corrected chi connectivity index (χ2v) is 3.99. The molecule has 0 aliphatic rings. The molecule has 0 aliphatic heterocycles. The molecule has 13 heavy (non-hydrogen) atoms. The summed E-state index contributed by atoms with van der Waals surface area (Å²) in [6.45, 7) is 2.17. The summed E-state index contributed by atoms with van der Waals surface area (Å²) < 4.78 is 14.5. The van der Waals surface area contributed by atoms with Crippen LogP contribution < -0.4 is 5.73 Å². The molecule has 0 fully saturated rings. The average Bonchev–Trinajstić information content (AvgIpc) is 2.16. The largest absolute Gasteiger partial charge is 0.330 e. The highest BCUT2D eigenvalue weighted by Gasteiger charge is 2.18. The topological polar surface area (TPSA) is 26.0 Å². The molecule has 72 valence electrons. The second-order valence-electron chi connectivity index (χ2n) is 3.14. The van der Waals surface area contributed by atoms with Crippen LogP contribution in [0.25, 0.3) is 0 Å². The van der Waals surface area contributed by atoms with E-state index >= 15 is 0 Å². The average molecular weight is 246 g/mol. The monoisotopic (exact) mass is 245 g/mol. The van der Waals surface area contributed by atoms with Crippen LogP contribution in [0.4, 0.5) is 4.39 Å². The van der Waals surface area contributed by atoms with Gasteiger partial charge in [0.1, 0.15) is 6.17 Å². The van der Waals surface area contributed by atoms with Gasteiger partial charge in [0.25, 0.3) is 0 Å². The normalized spacial score (nSPS) is 15.4. The summed E-state index contributed by atoms with van der Waals surface area (Å²) in [6, 6.07) is 7.31. The maximum Gasteiger partial charge on any atom is 0.130 e. The first-order valence-electron chi connectivity index (χ1n) is 4.25. The Morgan fingerprint density at radius 1 is 1.46 bits per heavy atom. The lowest BCUT2D eigenvalue weighted by Gasteiger charge is -2.15. The number of halogens is 2. The van der Waals surface area contributed by atoms with Gasteiger partial charge in [0.2, 0.25) is 0 Å². The van der Waals surface area contributed by atoms with Crippen LogP contribution in [0.5, 0.6) is 0 Å². The molecule has 1 rings (SSSR count). The van der Waals surface area contributed by atoms with Gasteiger partial charge in [0, 0.05) is 16.0 Å². The van der Waals surface area contributed by atoms with E-state index in [2.05, 4.69) is 15.9 Å². The van der Waals surface area contributed by atoms with E-state index in [-0.39, 0.29) is 5.92 Å². The Morgan fingerprint density at radius 2 is 2.08 bits per heavy atom. The van der Waals surface area contributed by atoms with Crippen LogP contribution in [0.15, 0.2) is 28.7 Å². The molecule has 0 saturated heterocycles. The smallest absolute Gasteiger partial charge is 0.130 e. The predicted molar refractivity (Wildman–Crippen MR) is 56.2 cm³/mol. The van der Waals surface area contributed by atoms with E-state index in [1.807, 2.05) is 25.1 Å². The van der Waals surface area contributed by atoms with Gasteiger partial charge in [-0.3, -0.25) is 0 Å². The first kappa shape index (κ1) is 10.7. The van der Waals surface area contributed by atoms with Gasteiger partial charge in [-0.25, -0.2) is 4.39 Å². The van der Waals surface area contributed by atoms with Gasteiger partial charge in [-0.15, -0.1) is 0 Å². The number of nitrogens with two attached hydrogens (primary N) is 1. The molecule has 3 heteroatoms. The van der Waals surface area contributed by atoms with Crippen LogP contribution in [0, 0.1) is 5.92 Å². The lowest BCUT2D eigenvalue weighted by atomic mass is 9.99. The van der Waals surface area contributed by atoms with E-state index in [4.69, 9.17) is 5.73 Å². The Hall–Kier alpha value is -0.410. The molecule has 0 heterocycles. The standard InChI is InChI=1S/C10H13BrFN/c1-7(6-13)10(12)8-4-2-3-5-9(8)11/h2-5,7,10H,6,13H2,1H3. The molecule has 1 aromatic rings. The molecular formula is C10H13BrFN. The maximum atomic E-state index is 13.7. The molecular weight excluding hydrogens is 233 g/mol. The van der Waals surface area contributed by atoms with Crippen LogP contribution in [0.3, 0.4) is 0 Å². The van der Waals surface area contributed by atoms with Crippen molar-refractivity contribution in [1.82, 2.24) is 0 Å². The molecule has 0 saturated carbocycles. The highest BCUT2D eigenvalue weighted by molar-refractivity contribution is 9.10. The summed E-state index contributed by atoms with van der Waals surface area (Å²) >= 11 is 3.31. The van der Waals surface area contributed by atoms with E-state index in [1.165, 1.54) is 0 Å². The SMILES string of the molecule is CC(CN)C(F)c1ccccc1Br. The third-order valence-electron chi connectivity index (χ3n) is 2.07. The molecule has 1 aromatic carbocycles. The van der Waals surface area contributed by atoms with E-state index in [1.54, 1.807) is 6.07 Å². The minimum atomic E-state index is -0.986. The summed E-state index contributed by atoms with van der Waals surface area (Å²) in [7, 11) is 0. The van der Waals surface area contributed by atoms with Gasteiger partial charge in [0.15, 0.2) is 0 Å². The minimum absolute atomic E-state index is 0.140. The van der Waals surface area contributed by atoms with Crippen LogP contribution in [0.1, 0.15) is 18.7 Å². The maximum absolute atomic E-state index is 13.7. The minimum Gasteiger partial charge on any atom is -0.330 e.